The number of carbonyl (C=O) groups excluding carboxylic acids is 2. The van der Waals surface area contributed by atoms with Gasteiger partial charge in [-0.2, -0.15) is 0 Å². The molecule has 0 N–H and O–H groups in total. The first-order valence-corrected chi connectivity index (χ1v) is 13.8. The maximum atomic E-state index is 14.0. The summed E-state index contributed by atoms with van der Waals surface area (Å²) < 4.78 is 13.1. The summed E-state index contributed by atoms with van der Waals surface area (Å²) in [5.41, 5.74) is 0.988. The normalized spacial score (nSPS) is 57.0. The molecule has 5 heteroatoms. The van der Waals surface area contributed by atoms with Crippen molar-refractivity contribution in [3.63, 3.8) is 0 Å². The Balaban J connectivity index is 1.35. The summed E-state index contributed by atoms with van der Waals surface area (Å²) in [4.78, 5) is 26.4. The van der Waals surface area contributed by atoms with Crippen molar-refractivity contribution in [3.05, 3.63) is 11.6 Å². The zero-order chi connectivity index (χ0) is 22.6. The van der Waals surface area contributed by atoms with E-state index in [4.69, 9.17) is 9.47 Å². The van der Waals surface area contributed by atoms with Crippen LogP contribution in [-0.4, -0.2) is 34.9 Å². The Morgan fingerprint density at radius 1 is 1.09 bits per heavy atom. The van der Waals surface area contributed by atoms with E-state index in [1.807, 2.05) is 0 Å². The maximum absolute atomic E-state index is 14.0. The Bertz CT molecular complexity index is 888. The van der Waals surface area contributed by atoms with E-state index >= 15 is 0 Å². The third-order valence-electron chi connectivity index (χ3n) is 11.0. The Morgan fingerprint density at radius 2 is 1.88 bits per heavy atom. The van der Waals surface area contributed by atoms with Crippen LogP contribution < -0.4 is 0 Å². The molecule has 5 fully saturated rings. The van der Waals surface area contributed by atoms with E-state index in [0.717, 1.165) is 38.7 Å². The number of ether oxygens (including phenoxy) is 2. The first-order chi connectivity index (χ1) is 15.1. The van der Waals surface area contributed by atoms with E-state index in [-0.39, 0.29) is 28.2 Å². The highest BCUT2D eigenvalue weighted by atomic mass is 79.9. The summed E-state index contributed by atoms with van der Waals surface area (Å²) in [5.74, 6) is 2.41. The van der Waals surface area contributed by atoms with Gasteiger partial charge in [-0.3, -0.25) is 9.59 Å². The molecule has 6 aliphatic rings. The fraction of sp³-hybridized carbons (Fsp3) is 0.852. The third kappa shape index (κ3) is 2.68. The summed E-state index contributed by atoms with van der Waals surface area (Å²) >= 11 is 3.66. The molecule has 0 radical (unpaired) electrons. The average molecular weight is 505 g/mol. The molecule has 0 aromatic rings. The van der Waals surface area contributed by atoms with Gasteiger partial charge in [0.2, 0.25) is 0 Å². The van der Waals surface area contributed by atoms with Gasteiger partial charge in [0.05, 0.1) is 23.0 Å². The number of Topliss-reactive ketones (excluding diaryl/α,β-unsaturated/α-hetero) is 2. The van der Waals surface area contributed by atoms with E-state index in [0.29, 0.717) is 48.1 Å². The lowest BCUT2D eigenvalue weighted by atomic mass is 9.45. The standard InChI is InChI=1S/C27H37BrO4/c1-14-7-8-27(31-13-14)15(2)24-22(32-27)10-19-17-6-5-16-9-21(29)20(28)12-25(16,3)18(17)11-23(30)26(19,24)4/h10,14-18,20,22,24H,5-9,11-13H2,1-4H3/t14-,15+,16+,17-,18+,20?,22+,24+,25+,26-,27-/m1/s1. The Kier molecular flexibility index (Phi) is 4.81. The topological polar surface area (TPSA) is 52.6 Å². The summed E-state index contributed by atoms with van der Waals surface area (Å²) in [6, 6.07) is 0. The third-order valence-corrected chi connectivity index (χ3v) is 11.9. The van der Waals surface area contributed by atoms with Gasteiger partial charge < -0.3 is 9.47 Å². The molecular weight excluding hydrogens is 468 g/mol. The number of ketones is 2. The van der Waals surface area contributed by atoms with Crippen LogP contribution in [0.2, 0.25) is 0 Å². The van der Waals surface area contributed by atoms with Gasteiger partial charge in [0, 0.05) is 31.1 Å². The van der Waals surface area contributed by atoms with Crippen molar-refractivity contribution in [1.29, 1.82) is 0 Å². The highest BCUT2D eigenvalue weighted by Gasteiger charge is 2.69. The highest BCUT2D eigenvalue weighted by Crippen LogP contribution is 2.68. The van der Waals surface area contributed by atoms with Crippen LogP contribution in [0.1, 0.15) is 72.6 Å². The van der Waals surface area contributed by atoms with Crippen LogP contribution in [0.25, 0.3) is 0 Å². The average Bonchev–Trinajstić information content (AvgIpc) is 3.19. The van der Waals surface area contributed by atoms with Gasteiger partial charge in [0.15, 0.2) is 5.79 Å². The largest absolute Gasteiger partial charge is 0.349 e. The molecule has 0 amide bonds. The molecule has 11 atom stereocenters. The lowest BCUT2D eigenvalue weighted by molar-refractivity contribution is -0.265. The second-order valence-electron chi connectivity index (χ2n) is 12.5. The molecule has 2 saturated heterocycles. The number of hydrogen-bond donors (Lipinski definition) is 0. The number of allylic oxidation sites excluding steroid dienone is 1. The Labute approximate surface area is 200 Å². The minimum absolute atomic E-state index is 0.0107. The number of rotatable bonds is 0. The molecular formula is C27H37BrO4. The zero-order valence-electron chi connectivity index (χ0n) is 19.9. The van der Waals surface area contributed by atoms with Crippen molar-refractivity contribution in [2.24, 2.45) is 46.3 Å². The summed E-state index contributed by atoms with van der Waals surface area (Å²) in [5, 5.41) is 0. The van der Waals surface area contributed by atoms with E-state index in [9.17, 15) is 9.59 Å². The second-order valence-corrected chi connectivity index (χ2v) is 13.6. The second kappa shape index (κ2) is 7.01. The van der Waals surface area contributed by atoms with Crippen molar-refractivity contribution in [2.45, 2.75) is 89.4 Å². The predicted molar refractivity (Wildman–Crippen MR) is 125 cm³/mol. The van der Waals surface area contributed by atoms with Gasteiger partial charge in [-0.25, -0.2) is 0 Å². The molecule has 0 aromatic heterocycles. The lowest BCUT2D eigenvalue weighted by Gasteiger charge is -2.58. The molecule has 4 aliphatic carbocycles. The van der Waals surface area contributed by atoms with E-state index in [1.165, 1.54) is 5.57 Å². The van der Waals surface area contributed by atoms with E-state index < -0.39 is 11.2 Å². The molecule has 2 heterocycles. The number of carbonyl (C=O) groups is 2. The van der Waals surface area contributed by atoms with Gasteiger partial charge in [0.1, 0.15) is 11.6 Å². The van der Waals surface area contributed by atoms with Crippen molar-refractivity contribution in [1.82, 2.24) is 0 Å². The van der Waals surface area contributed by atoms with Crippen LogP contribution >= 0.6 is 15.9 Å². The van der Waals surface area contributed by atoms with Crippen LogP contribution in [0, 0.1) is 46.3 Å². The van der Waals surface area contributed by atoms with E-state index in [1.54, 1.807) is 0 Å². The van der Waals surface area contributed by atoms with Gasteiger partial charge in [-0.05, 0) is 61.7 Å². The van der Waals surface area contributed by atoms with Gasteiger partial charge in [-0.15, -0.1) is 0 Å². The number of hydrogen-bond acceptors (Lipinski definition) is 4. The van der Waals surface area contributed by atoms with Crippen molar-refractivity contribution in [2.75, 3.05) is 6.61 Å². The fourth-order valence-corrected chi connectivity index (χ4v) is 9.91. The molecule has 4 nitrogen and oxygen atoms in total. The van der Waals surface area contributed by atoms with Crippen LogP contribution in [0.3, 0.4) is 0 Å². The quantitative estimate of drug-likeness (QED) is 0.324. The molecule has 2 aliphatic heterocycles. The molecule has 0 aromatic carbocycles. The molecule has 1 spiro atoms. The summed E-state index contributed by atoms with van der Waals surface area (Å²) in [6.45, 7) is 9.85. The lowest BCUT2D eigenvalue weighted by Crippen LogP contribution is -2.57. The van der Waals surface area contributed by atoms with Gasteiger partial charge >= 0.3 is 0 Å². The zero-order valence-corrected chi connectivity index (χ0v) is 21.4. The minimum atomic E-state index is -0.513. The fourth-order valence-electron chi connectivity index (χ4n) is 9.03. The summed E-state index contributed by atoms with van der Waals surface area (Å²) in [7, 11) is 0. The van der Waals surface area contributed by atoms with Crippen LogP contribution in [-0.2, 0) is 19.1 Å². The molecule has 6 rings (SSSR count). The Morgan fingerprint density at radius 3 is 2.59 bits per heavy atom. The monoisotopic (exact) mass is 504 g/mol. The van der Waals surface area contributed by atoms with Gasteiger partial charge in [-0.1, -0.05) is 48.4 Å². The maximum Gasteiger partial charge on any atom is 0.172 e. The predicted octanol–water partition coefficient (Wildman–Crippen LogP) is 5.47. The minimum Gasteiger partial charge on any atom is -0.349 e. The smallest absolute Gasteiger partial charge is 0.172 e. The van der Waals surface area contributed by atoms with Crippen LogP contribution in [0.15, 0.2) is 11.6 Å². The SMILES string of the molecule is C[C@@H]1CC[C@@]2(OC1)O[C@H]1C=C3[C@@H]4CC[C@H]5CC(=O)C(Br)C[C@]5(C)[C@H]4CC(=O)[C@]3(C)[C@H]1[C@@H]2C. The van der Waals surface area contributed by atoms with Crippen LogP contribution in [0.4, 0.5) is 0 Å². The van der Waals surface area contributed by atoms with Crippen molar-refractivity contribution in [3.8, 4) is 0 Å². The van der Waals surface area contributed by atoms with Crippen molar-refractivity contribution >= 4 is 27.5 Å². The Hall–Kier alpha value is -0.520. The van der Waals surface area contributed by atoms with E-state index in [2.05, 4.69) is 49.7 Å². The molecule has 1 unspecified atom stereocenters. The first kappa shape index (κ1) is 22.0. The highest BCUT2D eigenvalue weighted by molar-refractivity contribution is 9.10. The number of alkyl halides is 1. The molecule has 3 saturated carbocycles. The van der Waals surface area contributed by atoms with Crippen LogP contribution in [0.5, 0.6) is 0 Å². The number of halogens is 1. The summed E-state index contributed by atoms with van der Waals surface area (Å²) in [6.07, 6.45) is 8.80. The molecule has 32 heavy (non-hydrogen) atoms. The molecule has 0 bridgehead atoms. The van der Waals surface area contributed by atoms with Gasteiger partial charge in [0.25, 0.3) is 0 Å². The first-order valence-electron chi connectivity index (χ1n) is 12.8. The number of fused-ring (bicyclic) bond motifs is 7. The molecule has 176 valence electrons. The van der Waals surface area contributed by atoms with Crippen molar-refractivity contribution < 1.29 is 19.1 Å².